The van der Waals surface area contributed by atoms with Gasteiger partial charge in [-0.15, -0.1) is 0 Å². The average molecular weight is 331 g/mol. The highest BCUT2D eigenvalue weighted by molar-refractivity contribution is 5.95. The van der Waals surface area contributed by atoms with E-state index in [0.717, 1.165) is 24.0 Å². The van der Waals surface area contributed by atoms with Crippen LogP contribution in [-0.2, 0) is 4.79 Å². The Labute approximate surface area is 148 Å². The first-order valence-electron chi connectivity index (χ1n) is 9.65. The standard InChI is InChI=1S/C22H34O2/c1-3-4-5-6-7-8-9-10-11-15-18-21(19(2)22(23)24)20-16-13-12-14-17-20/h12-14,16-17H,3-11,15,18H2,1-2H3,(H,23,24). The summed E-state index contributed by atoms with van der Waals surface area (Å²) in [4.78, 5) is 11.3. The maximum atomic E-state index is 11.3. The summed E-state index contributed by atoms with van der Waals surface area (Å²) in [5.41, 5.74) is 2.52. The molecule has 0 aliphatic heterocycles. The number of unbranched alkanes of at least 4 members (excludes halogenated alkanes) is 9. The van der Waals surface area contributed by atoms with Gasteiger partial charge in [-0.05, 0) is 30.9 Å². The van der Waals surface area contributed by atoms with E-state index in [1.165, 1.54) is 57.8 Å². The Morgan fingerprint density at radius 2 is 1.33 bits per heavy atom. The van der Waals surface area contributed by atoms with E-state index in [4.69, 9.17) is 0 Å². The molecular formula is C22H34O2. The third-order valence-electron chi connectivity index (χ3n) is 4.68. The number of hydrogen-bond acceptors (Lipinski definition) is 1. The van der Waals surface area contributed by atoms with E-state index in [-0.39, 0.29) is 0 Å². The highest BCUT2D eigenvalue weighted by Crippen LogP contribution is 2.25. The molecule has 0 aliphatic rings. The number of carbonyl (C=O) groups is 1. The van der Waals surface area contributed by atoms with Crippen molar-refractivity contribution in [3.63, 3.8) is 0 Å². The van der Waals surface area contributed by atoms with Crippen molar-refractivity contribution in [3.8, 4) is 0 Å². The molecular weight excluding hydrogens is 296 g/mol. The van der Waals surface area contributed by atoms with E-state index in [1.54, 1.807) is 6.92 Å². The second-order valence-electron chi connectivity index (χ2n) is 6.71. The fraction of sp³-hybridized carbons (Fsp3) is 0.591. The van der Waals surface area contributed by atoms with Crippen LogP contribution < -0.4 is 0 Å². The Hall–Kier alpha value is -1.57. The Balaban J connectivity index is 2.30. The van der Waals surface area contributed by atoms with Crippen LogP contribution in [0.4, 0.5) is 0 Å². The van der Waals surface area contributed by atoms with Gasteiger partial charge in [-0.3, -0.25) is 0 Å². The van der Waals surface area contributed by atoms with Gasteiger partial charge in [0.15, 0.2) is 0 Å². The Bertz CT molecular complexity index is 488. The summed E-state index contributed by atoms with van der Waals surface area (Å²) < 4.78 is 0. The van der Waals surface area contributed by atoms with Crippen molar-refractivity contribution in [2.45, 2.75) is 84.5 Å². The van der Waals surface area contributed by atoms with Crippen molar-refractivity contribution >= 4 is 11.5 Å². The van der Waals surface area contributed by atoms with Crippen LogP contribution in [0.3, 0.4) is 0 Å². The van der Waals surface area contributed by atoms with E-state index in [9.17, 15) is 9.90 Å². The van der Waals surface area contributed by atoms with Crippen LogP contribution in [-0.4, -0.2) is 11.1 Å². The fourth-order valence-electron chi connectivity index (χ4n) is 3.11. The largest absolute Gasteiger partial charge is 0.478 e. The highest BCUT2D eigenvalue weighted by atomic mass is 16.4. The first-order valence-corrected chi connectivity index (χ1v) is 9.65. The second-order valence-corrected chi connectivity index (χ2v) is 6.71. The number of benzene rings is 1. The average Bonchev–Trinajstić information content (AvgIpc) is 2.60. The first-order chi connectivity index (χ1) is 11.7. The van der Waals surface area contributed by atoms with Crippen LogP contribution in [0.25, 0.3) is 5.57 Å². The van der Waals surface area contributed by atoms with Crippen molar-refractivity contribution in [1.82, 2.24) is 0 Å². The third-order valence-corrected chi connectivity index (χ3v) is 4.68. The number of hydrogen-bond donors (Lipinski definition) is 1. The maximum absolute atomic E-state index is 11.3. The predicted octanol–water partition coefficient (Wildman–Crippen LogP) is 6.86. The molecule has 0 heterocycles. The molecule has 1 rings (SSSR count). The lowest BCUT2D eigenvalue weighted by Gasteiger charge is -2.10. The van der Waals surface area contributed by atoms with Gasteiger partial charge in [0, 0.05) is 5.57 Å². The Morgan fingerprint density at radius 3 is 1.83 bits per heavy atom. The Morgan fingerprint density at radius 1 is 0.833 bits per heavy atom. The molecule has 0 radical (unpaired) electrons. The molecule has 1 aromatic rings. The SMILES string of the molecule is CCCCCCCCCCCCC(=C(C)C(=O)O)c1ccccc1. The van der Waals surface area contributed by atoms with E-state index >= 15 is 0 Å². The molecule has 1 N–H and O–H groups in total. The lowest BCUT2D eigenvalue weighted by Crippen LogP contribution is -2.01. The number of allylic oxidation sites excluding steroid dienone is 1. The van der Waals surface area contributed by atoms with Gasteiger partial charge in [-0.25, -0.2) is 4.79 Å². The monoisotopic (exact) mass is 330 g/mol. The molecule has 0 amide bonds. The van der Waals surface area contributed by atoms with Crippen molar-refractivity contribution in [2.24, 2.45) is 0 Å². The zero-order valence-corrected chi connectivity index (χ0v) is 15.5. The summed E-state index contributed by atoms with van der Waals surface area (Å²) in [5.74, 6) is -0.805. The summed E-state index contributed by atoms with van der Waals surface area (Å²) in [7, 11) is 0. The lowest BCUT2D eigenvalue weighted by atomic mass is 9.95. The number of carboxylic acid groups (broad SMARTS) is 1. The van der Waals surface area contributed by atoms with Crippen molar-refractivity contribution in [1.29, 1.82) is 0 Å². The van der Waals surface area contributed by atoms with Gasteiger partial charge in [-0.1, -0.05) is 95.0 Å². The molecule has 0 aromatic heterocycles. The first kappa shape index (κ1) is 20.5. The summed E-state index contributed by atoms with van der Waals surface area (Å²) in [5, 5.41) is 9.32. The fourth-order valence-corrected chi connectivity index (χ4v) is 3.11. The number of carboxylic acids is 1. The van der Waals surface area contributed by atoms with E-state index in [0.29, 0.717) is 5.57 Å². The molecule has 0 saturated carbocycles. The van der Waals surface area contributed by atoms with Crippen LogP contribution in [0.1, 0.15) is 90.0 Å². The molecule has 0 aliphatic carbocycles. The summed E-state index contributed by atoms with van der Waals surface area (Å²) in [6.07, 6.45) is 13.9. The molecule has 0 spiro atoms. The predicted molar refractivity (Wildman–Crippen MR) is 103 cm³/mol. The third kappa shape index (κ3) is 8.33. The minimum Gasteiger partial charge on any atom is -0.478 e. The van der Waals surface area contributed by atoms with Gasteiger partial charge in [0.25, 0.3) is 0 Å². The van der Waals surface area contributed by atoms with E-state index in [2.05, 4.69) is 6.92 Å². The quantitative estimate of drug-likeness (QED) is 0.317. The van der Waals surface area contributed by atoms with Crippen LogP contribution in [0.15, 0.2) is 35.9 Å². The molecule has 134 valence electrons. The van der Waals surface area contributed by atoms with Crippen LogP contribution in [0.2, 0.25) is 0 Å². The van der Waals surface area contributed by atoms with Gasteiger partial charge < -0.3 is 5.11 Å². The van der Waals surface area contributed by atoms with Gasteiger partial charge in [0.1, 0.15) is 0 Å². The van der Waals surface area contributed by atoms with Crippen LogP contribution >= 0.6 is 0 Å². The van der Waals surface area contributed by atoms with Crippen molar-refractivity contribution in [3.05, 3.63) is 41.5 Å². The normalized spacial score (nSPS) is 12.1. The van der Waals surface area contributed by atoms with Crippen molar-refractivity contribution in [2.75, 3.05) is 0 Å². The van der Waals surface area contributed by atoms with Gasteiger partial charge in [-0.2, -0.15) is 0 Å². The zero-order valence-electron chi connectivity index (χ0n) is 15.5. The molecule has 0 fully saturated rings. The molecule has 0 atom stereocenters. The van der Waals surface area contributed by atoms with E-state index in [1.807, 2.05) is 30.3 Å². The Kier molecular flexibility index (Phi) is 10.9. The summed E-state index contributed by atoms with van der Waals surface area (Å²) in [6.45, 7) is 3.98. The molecule has 0 saturated heterocycles. The zero-order chi connectivity index (χ0) is 17.6. The van der Waals surface area contributed by atoms with Gasteiger partial charge in [0.05, 0.1) is 0 Å². The minimum atomic E-state index is -0.805. The number of aliphatic carboxylic acids is 1. The minimum absolute atomic E-state index is 0.483. The van der Waals surface area contributed by atoms with Crippen LogP contribution in [0.5, 0.6) is 0 Å². The lowest BCUT2D eigenvalue weighted by molar-refractivity contribution is -0.132. The molecule has 0 bridgehead atoms. The van der Waals surface area contributed by atoms with Gasteiger partial charge >= 0.3 is 5.97 Å². The summed E-state index contributed by atoms with van der Waals surface area (Å²) >= 11 is 0. The molecule has 1 aromatic carbocycles. The molecule has 2 heteroatoms. The topological polar surface area (TPSA) is 37.3 Å². The summed E-state index contributed by atoms with van der Waals surface area (Å²) in [6, 6.07) is 9.94. The maximum Gasteiger partial charge on any atom is 0.331 e. The smallest absolute Gasteiger partial charge is 0.331 e. The van der Waals surface area contributed by atoms with Crippen LogP contribution in [0, 0.1) is 0 Å². The van der Waals surface area contributed by atoms with Gasteiger partial charge in [0.2, 0.25) is 0 Å². The highest BCUT2D eigenvalue weighted by Gasteiger charge is 2.11. The molecule has 2 nitrogen and oxygen atoms in total. The second kappa shape index (κ2) is 12.8. The van der Waals surface area contributed by atoms with Crippen molar-refractivity contribution < 1.29 is 9.90 Å². The molecule has 0 unspecified atom stereocenters. The number of rotatable bonds is 13. The van der Waals surface area contributed by atoms with E-state index < -0.39 is 5.97 Å². The molecule has 24 heavy (non-hydrogen) atoms.